The van der Waals surface area contributed by atoms with Gasteiger partial charge in [-0.3, -0.25) is 9.48 Å². The summed E-state index contributed by atoms with van der Waals surface area (Å²) >= 11 is 0. The topological polar surface area (TPSA) is 81.4 Å². The highest BCUT2D eigenvalue weighted by Gasteiger charge is 2.15. The SMILES string of the molecule is CC(C)(C)OC(=O)CCCCn1cc(C(=O)O)cn1. The van der Waals surface area contributed by atoms with E-state index in [1.165, 1.54) is 12.4 Å². The van der Waals surface area contributed by atoms with Gasteiger partial charge in [0.15, 0.2) is 0 Å². The average Bonchev–Trinajstić information content (AvgIpc) is 2.70. The van der Waals surface area contributed by atoms with Gasteiger partial charge in [0.1, 0.15) is 5.60 Å². The predicted molar refractivity (Wildman–Crippen MR) is 68.9 cm³/mol. The quantitative estimate of drug-likeness (QED) is 0.631. The maximum Gasteiger partial charge on any atom is 0.338 e. The lowest BCUT2D eigenvalue weighted by atomic mass is 10.2. The van der Waals surface area contributed by atoms with Crippen molar-refractivity contribution in [1.82, 2.24) is 9.78 Å². The number of aromatic nitrogens is 2. The summed E-state index contributed by atoms with van der Waals surface area (Å²) in [7, 11) is 0. The number of hydrogen-bond donors (Lipinski definition) is 1. The van der Waals surface area contributed by atoms with E-state index in [1.807, 2.05) is 20.8 Å². The van der Waals surface area contributed by atoms with Gasteiger partial charge >= 0.3 is 11.9 Å². The summed E-state index contributed by atoms with van der Waals surface area (Å²) in [6.45, 7) is 6.10. The Morgan fingerprint density at radius 1 is 1.37 bits per heavy atom. The normalized spacial score (nSPS) is 11.3. The maximum absolute atomic E-state index is 11.4. The number of carboxylic acids is 1. The van der Waals surface area contributed by atoms with E-state index in [9.17, 15) is 9.59 Å². The third-order valence-electron chi connectivity index (χ3n) is 2.32. The molecule has 1 N–H and O–H groups in total. The van der Waals surface area contributed by atoms with Crippen molar-refractivity contribution in [2.45, 2.75) is 52.2 Å². The summed E-state index contributed by atoms with van der Waals surface area (Å²) in [5, 5.41) is 12.7. The van der Waals surface area contributed by atoms with Gasteiger partial charge in [-0.1, -0.05) is 0 Å². The number of ether oxygens (including phenoxy) is 1. The minimum absolute atomic E-state index is 0.173. The number of carbonyl (C=O) groups excluding carboxylic acids is 1. The van der Waals surface area contributed by atoms with E-state index in [-0.39, 0.29) is 11.5 Å². The first-order valence-corrected chi connectivity index (χ1v) is 6.25. The second-order valence-electron chi connectivity index (χ2n) is 5.34. The number of hydrogen-bond acceptors (Lipinski definition) is 4. The van der Waals surface area contributed by atoms with Crippen LogP contribution >= 0.6 is 0 Å². The Balaban J connectivity index is 2.23. The molecular weight excluding hydrogens is 248 g/mol. The van der Waals surface area contributed by atoms with Gasteiger partial charge in [-0.25, -0.2) is 4.79 Å². The molecule has 6 nitrogen and oxygen atoms in total. The number of carboxylic acid groups (broad SMARTS) is 1. The van der Waals surface area contributed by atoms with E-state index in [0.29, 0.717) is 19.4 Å². The van der Waals surface area contributed by atoms with Gasteiger partial charge < -0.3 is 9.84 Å². The molecule has 0 bridgehead atoms. The highest BCUT2D eigenvalue weighted by atomic mass is 16.6. The molecule has 106 valence electrons. The fraction of sp³-hybridized carbons (Fsp3) is 0.615. The predicted octanol–water partition coefficient (Wildman–Crippen LogP) is 2.09. The maximum atomic E-state index is 11.4. The lowest BCUT2D eigenvalue weighted by molar-refractivity contribution is -0.154. The van der Waals surface area contributed by atoms with Crippen LogP contribution in [0.5, 0.6) is 0 Å². The molecule has 0 unspecified atom stereocenters. The van der Waals surface area contributed by atoms with Crippen molar-refractivity contribution in [1.29, 1.82) is 0 Å². The van der Waals surface area contributed by atoms with Crippen LogP contribution in [0.3, 0.4) is 0 Å². The summed E-state index contributed by atoms with van der Waals surface area (Å²) in [5.74, 6) is -1.20. The molecule has 0 radical (unpaired) electrons. The van der Waals surface area contributed by atoms with Gasteiger partial charge in [-0.05, 0) is 33.6 Å². The Morgan fingerprint density at radius 3 is 2.58 bits per heavy atom. The van der Waals surface area contributed by atoms with Crippen LogP contribution in [0.1, 0.15) is 50.4 Å². The molecule has 0 amide bonds. The molecule has 1 aromatic rings. The Morgan fingerprint density at radius 2 is 2.05 bits per heavy atom. The lowest BCUT2D eigenvalue weighted by Crippen LogP contribution is -2.23. The molecule has 0 aromatic carbocycles. The van der Waals surface area contributed by atoms with Crippen molar-refractivity contribution in [2.24, 2.45) is 0 Å². The minimum atomic E-state index is -0.986. The number of carbonyl (C=O) groups is 2. The van der Waals surface area contributed by atoms with Crippen molar-refractivity contribution in [3.8, 4) is 0 Å². The van der Waals surface area contributed by atoms with Gasteiger partial charge in [-0.2, -0.15) is 5.10 Å². The van der Waals surface area contributed by atoms with Gasteiger partial charge in [0.25, 0.3) is 0 Å². The monoisotopic (exact) mass is 268 g/mol. The van der Waals surface area contributed by atoms with E-state index in [4.69, 9.17) is 9.84 Å². The van der Waals surface area contributed by atoms with Gasteiger partial charge in [0, 0.05) is 19.2 Å². The number of aromatic carboxylic acids is 1. The first kappa shape index (κ1) is 15.2. The Hall–Kier alpha value is -1.85. The van der Waals surface area contributed by atoms with Crippen LogP contribution < -0.4 is 0 Å². The third-order valence-corrected chi connectivity index (χ3v) is 2.32. The summed E-state index contributed by atoms with van der Waals surface area (Å²) < 4.78 is 6.75. The van der Waals surface area contributed by atoms with Gasteiger partial charge in [0.05, 0.1) is 11.8 Å². The zero-order chi connectivity index (χ0) is 14.5. The van der Waals surface area contributed by atoms with Crippen LogP contribution in [-0.4, -0.2) is 32.4 Å². The van der Waals surface area contributed by atoms with Gasteiger partial charge in [0.2, 0.25) is 0 Å². The van der Waals surface area contributed by atoms with Crippen LogP contribution in [0.15, 0.2) is 12.4 Å². The average molecular weight is 268 g/mol. The first-order valence-electron chi connectivity index (χ1n) is 6.25. The van der Waals surface area contributed by atoms with Crippen LogP contribution in [0.25, 0.3) is 0 Å². The zero-order valence-corrected chi connectivity index (χ0v) is 11.5. The van der Waals surface area contributed by atoms with Crippen molar-refractivity contribution >= 4 is 11.9 Å². The summed E-state index contributed by atoms with van der Waals surface area (Å²) in [6.07, 6.45) is 4.60. The molecule has 0 fully saturated rings. The molecular formula is C13H20N2O4. The first-order chi connectivity index (χ1) is 8.78. The standard InChI is InChI=1S/C13H20N2O4/c1-13(2,3)19-11(16)6-4-5-7-15-9-10(8-14-15)12(17)18/h8-9H,4-7H2,1-3H3,(H,17,18). The van der Waals surface area contributed by atoms with Gasteiger partial charge in [-0.15, -0.1) is 0 Å². The molecule has 1 heterocycles. The summed E-state index contributed by atoms with van der Waals surface area (Å²) in [5.41, 5.74) is -0.276. The van der Waals surface area contributed by atoms with E-state index < -0.39 is 11.6 Å². The van der Waals surface area contributed by atoms with Crippen LogP contribution in [-0.2, 0) is 16.1 Å². The molecule has 0 aliphatic carbocycles. The van der Waals surface area contributed by atoms with Crippen LogP contribution in [0, 0.1) is 0 Å². The zero-order valence-electron chi connectivity index (χ0n) is 11.5. The number of rotatable bonds is 6. The van der Waals surface area contributed by atoms with Crippen molar-refractivity contribution in [2.75, 3.05) is 0 Å². The van der Waals surface area contributed by atoms with Crippen molar-refractivity contribution in [3.63, 3.8) is 0 Å². The van der Waals surface area contributed by atoms with E-state index >= 15 is 0 Å². The molecule has 1 rings (SSSR count). The smallest absolute Gasteiger partial charge is 0.338 e. The lowest BCUT2D eigenvalue weighted by Gasteiger charge is -2.19. The number of esters is 1. The second-order valence-corrected chi connectivity index (χ2v) is 5.34. The molecule has 0 spiro atoms. The summed E-state index contributed by atoms with van der Waals surface area (Å²) in [4.78, 5) is 22.1. The van der Waals surface area contributed by atoms with Crippen LogP contribution in [0.4, 0.5) is 0 Å². The van der Waals surface area contributed by atoms with Crippen molar-refractivity contribution < 1.29 is 19.4 Å². The Bertz CT molecular complexity index is 446. The fourth-order valence-corrected chi connectivity index (χ4v) is 1.53. The minimum Gasteiger partial charge on any atom is -0.478 e. The molecule has 6 heteroatoms. The van der Waals surface area contributed by atoms with Crippen molar-refractivity contribution in [3.05, 3.63) is 18.0 Å². The fourth-order valence-electron chi connectivity index (χ4n) is 1.53. The highest BCUT2D eigenvalue weighted by Crippen LogP contribution is 2.10. The van der Waals surface area contributed by atoms with E-state index in [0.717, 1.165) is 6.42 Å². The second kappa shape index (κ2) is 6.36. The number of nitrogens with zero attached hydrogens (tertiary/aromatic N) is 2. The van der Waals surface area contributed by atoms with E-state index in [2.05, 4.69) is 5.10 Å². The highest BCUT2D eigenvalue weighted by molar-refractivity contribution is 5.86. The molecule has 0 atom stereocenters. The molecule has 0 aliphatic rings. The molecule has 0 saturated carbocycles. The summed E-state index contributed by atoms with van der Waals surface area (Å²) in [6, 6.07) is 0. The van der Waals surface area contributed by atoms with E-state index in [1.54, 1.807) is 4.68 Å². The Labute approximate surface area is 112 Å². The third kappa shape index (κ3) is 6.03. The molecule has 0 aliphatic heterocycles. The van der Waals surface area contributed by atoms with Crippen LogP contribution in [0.2, 0.25) is 0 Å². The largest absolute Gasteiger partial charge is 0.478 e. The molecule has 1 aromatic heterocycles. The molecule has 0 saturated heterocycles. The number of unbranched alkanes of at least 4 members (excludes halogenated alkanes) is 1. The number of aryl methyl sites for hydroxylation is 1. The Kier molecular flexibility index (Phi) is 5.09. The molecule has 19 heavy (non-hydrogen) atoms.